The maximum absolute atomic E-state index is 14.0. The van der Waals surface area contributed by atoms with Gasteiger partial charge in [-0.1, -0.05) is 36.4 Å². The molecule has 5 heteroatoms. The lowest BCUT2D eigenvalue weighted by Crippen LogP contribution is -2.15. The molecular formula is C23H19FN2O2. The van der Waals surface area contributed by atoms with Crippen LogP contribution in [0.2, 0.25) is 0 Å². The molecule has 140 valence electrons. The Bertz CT molecular complexity index is 1140. The van der Waals surface area contributed by atoms with Crippen molar-refractivity contribution in [2.75, 3.05) is 5.32 Å². The molecule has 0 aliphatic heterocycles. The average Bonchev–Trinajstić information content (AvgIpc) is 3.06. The van der Waals surface area contributed by atoms with Gasteiger partial charge in [0.05, 0.1) is 5.52 Å². The fourth-order valence-corrected chi connectivity index (χ4v) is 3.16. The van der Waals surface area contributed by atoms with Crippen LogP contribution >= 0.6 is 0 Å². The molecule has 1 amide bonds. The van der Waals surface area contributed by atoms with Crippen molar-refractivity contribution in [1.82, 2.24) is 4.57 Å². The molecule has 0 radical (unpaired) electrons. The number of carbonyl (C=O) groups excluding carboxylic acids is 1. The van der Waals surface area contributed by atoms with Crippen LogP contribution in [0.3, 0.4) is 0 Å². The van der Waals surface area contributed by atoms with Gasteiger partial charge >= 0.3 is 0 Å². The molecule has 0 unspecified atom stereocenters. The topological polar surface area (TPSA) is 43.3 Å². The lowest BCUT2D eigenvalue weighted by atomic mass is 10.2. The van der Waals surface area contributed by atoms with Gasteiger partial charge in [0.15, 0.2) is 0 Å². The first-order valence-electron chi connectivity index (χ1n) is 8.94. The number of fused-ring (bicyclic) bond motifs is 1. The third-order valence-corrected chi connectivity index (χ3v) is 4.60. The molecule has 1 heterocycles. The minimum Gasteiger partial charge on any atom is -0.489 e. The van der Waals surface area contributed by atoms with Gasteiger partial charge in [-0.05, 0) is 48.0 Å². The van der Waals surface area contributed by atoms with Crippen molar-refractivity contribution >= 4 is 22.5 Å². The second-order valence-corrected chi connectivity index (χ2v) is 6.52. The van der Waals surface area contributed by atoms with Crippen molar-refractivity contribution in [1.29, 1.82) is 0 Å². The summed E-state index contributed by atoms with van der Waals surface area (Å²) in [7, 11) is 1.75. The molecule has 0 saturated carbocycles. The molecule has 4 rings (SSSR count). The van der Waals surface area contributed by atoms with Gasteiger partial charge in [0.1, 0.15) is 23.9 Å². The zero-order valence-corrected chi connectivity index (χ0v) is 15.4. The van der Waals surface area contributed by atoms with Gasteiger partial charge in [-0.2, -0.15) is 0 Å². The van der Waals surface area contributed by atoms with Crippen LogP contribution in [0.15, 0.2) is 78.9 Å². The maximum Gasteiger partial charge on any atom is 0.272 e. The Morgan fingerprint density at radius 1 is 1.00 bits per heavy atom. The Labute approximate surface area is 162 Å². The van der Waals surface area contributed by atoms with E-state index in [0.29, 0.717) is 28.9 Å². The van der Waals surface area contributed by atoms with E-state index in [1.165, 1.54) is 6.07 Å². The summed E-state index contributed by atoms with van der Waals surface area (Å²) in [5, 5.41) is 3.31. The molecule has 28 heavy (non-hydrogen) atoms. The number of nitrogens with zero attached hydrogens (tertiary/aromatic N) is 1. The first-order valence-corrected chi connectivity index (χ1v) is 8.94. The minimum absolute atomic E-state index is 0.292. The Morgan fingerprint density at radius 2 is 1.79 bits per heavy atom. The summed E-state index contributed by atoms with van der Waals surface area (Å²) in [6.07, 6.45) is 0. The summed E-state index contributed by atoms with van der Waals surface area (Å²) in [4.78, 5) is 12.7. The number of hydrogen-bond donors (Lipinski definition) is 1. The van der Waals surface area contributed by atoms with Crippen LogP contribution in [-0.4, -0.2) is 10.5 Å². The number of carbonyl (C=O) groups is 1. The largest absolute Gasteiger partial charge is 0.489 e. The first-order chi connectivity index (χ1) is 13.6. The van der Waals surface area contributed by atoms with Crippen molar-refractivity contribution in [2.24, 2.45) is 7.05 Å². The second-order valence-electron chi connectivity index (χ2n) is 6.52. The van der Waals surface area contributed by atoms with Crippen LogP contribution in [0.25, 0.3) is 10.9 Å². The molecule has 0 bridgehead atoms. The Hall–Kier alpha value is -3.60. The van der Waals surface area contributed by atoms with Gasteiger partial charge < -0.3 is 14.6 Å². The third-order valence-electron chi connectivity index (χ3n) is 4.60. The van der Waals surface area contributed by atoms with Crippen LogP contribution in [0, 0.1) is 5.82 Å². The summed E-state index contributed by atoms with van der Waals surface area (Å²) < 4.78 is 21.4. The van der Waals surface area contributed by atoms with Crippen LogP contribution in [0.4, 0.5) is 10.1 Å². The average molecular weight is 374 g/mol. The van der Waals surface area contributed by atoms with E-state index in [0.717, 1.165) is 11.3 Å². The van der Waals surface area contributed by atoms with E-state index in [4.69, 9.17) is 4.74 Å². The number of hydrogen-bond acceptors (Lipinski definition) is 2. The minimum atomic E-state index is -0.341. The molecule has 0 saturated heterocycles. The van der Waals surface area contributed by atoms with Crippen LogP contribution in [0.5, 0.6) is 5.75 Å². The standard InChI is InChI=1S/C23H19FN2O2/c1-26-21-12-6-11-20(24)19(21)14-22(26)23(27)25-17-8-5-7-16(13-17)15-28-18-9-3-2-4-10-18/h2-14H,15H2,1H3,(H,25,27). The predicted octanol–water partition coefficient (Wildman–Crippen LogP) is 5.15. The fraction of sp³-hybridized carbons (Fsp3) is 0.0870. The highest BCUT2D eigenvalue weighted by Gasteiger charge is 2.15. The summed E-state index contributed by atoms with van der Waals surface area (Å²) in [6, 6.07) is 23.4. The van der Waals surface area contributed by atoms with Gasteiger partial charge in [0.25, 0.3) is 5.91 Å². The maximum atomic E-state index is 14.0. The first kappa shape index (κ1) is 17.8. The summed E-state index contributed by atoms with van der Waals surface area (Å²) >= 11 is 0. The van der Waals surface area contributed by atoms with Gasteiger partial charge in [-0.15, -0.1) is 0 Å². The molecule has 0 aliphatic rings. The Kier molecular flexibility index (Phi) is 4.81. The SMILES string of the molecule is Cn1c(C(=O)Nc2cccc(COc3ccccc3)c2)cc2c(F)cccc21. The van der Waals surface area contributed by atoms with E-state index in [1.54, 1.807) is 29.8 Å². The zero-order valence-electron chi connectivity index (χ0n) is 15.4. The molecule has 4 nitrogen and oxygen atoms in total. The fourth-order valence-electron chi connectivity index (χ4n) is 3.16. The molecule has 3 aromatic carbocycles. The van der Waals surface area contributed by atoms with Crippen molar-refractivity contribution in [3.63, 3.8) is 0 Å². The van der Waals surface area contributed by atoms with E-state index in [1.807, 2.05) is 54.6 Å². The number of aryl methyl sites for hydroxylation is 1. The van der Waals surface area contributed by atoms with E-state index >= 15 is 0 Å². The number of ether oxygens (including phenoxy) is 1. The van der Waals surface area contributed by atoms with Crippen LogP contribution in [-0.2, 0) is 13.7 Å². The monoisotopic (exact) mass is 374 g/mol. The van der Waals surface area contributed by atoms with Crippen LogP contribution < -0.4 is 10.1 Å². The Morgan fingerprint density at radius 3 is 2.57 bits per heavy atom. The number of amides is 1. The summed E-state index contributed by atoms with van der Waals surface area (Å²) in [6.45, 7) is 0.396. The number of aromatic nitrogens is 1. The van der Waals surface area contributed by atoms with Crippen molar-refractivity contribution in [3.05, 3.63) is 95.9 Å². The highest BCUT2D eigenvalue weighted by molar-refractivity contribution is 6.06. The van der Waals surface area contributed by atoms with E-state index < -0.39 is 0 Å². The quantitative estimate of drug-likeness (QED) is 0.525. The normalized spacial score (nSPS) is 10.8. The number of para-hydroxylation sites is 1. The van der Waals surface area contributed by atoms with Crippen LogP contribution in [0.1, 0.15) is 16.1 Å². The molecule has 1 N–H and O–H groups in total. The van der Waals surface area contributed by atoms with E-state index in [-0.39, 0.29) is 11.7 Å². The molecule has 0 aliphatic carbocycles. The highest BCUT2D eigenvalue weighted by Crippen LogP contribution is 2.23. The number of halogens is 1. The van der Waals surface area contributed by atoms with E-state index in [2.05, 4.69) is 5.32 Å². The van der Waals surface area contributed by atoms with Gasteiger partial charge in [-0.3, -0.25) is 4.79 Å². The van der Waals surface area contributed by atoms with Crippen molar-refractivity contribution in [3.8, 4) is 5.75 Å². The van der Waals surface area contributed by atoms with E-state index in [9.17, 15) is 9.18 Å². The molecule has 1 aromatic heterocycles. The second kappa shape index (κ2) is 7.56. The third kappa shape index (κ3) is 3.60. The number of rotatable bonds is 5. The predicted molar refractivity (Wildman–Crippen MR) is 108 cm³/mol. The molecule has 0 atom stereocenters. The van der Waals surface area contributed by atoms with Crippen molar-refractivity contribution < 1.29 is 13.9 Å². The number of benzene rings is 3. The van der Waals surface area contributed by atoms with Gasteiger partial charge in [0.2, 0.25) is 0 Å². The van der Waals surface area contributed by atoms with Crippen molar-refractivity contribution in [2.45, 2.75) is 6.61 Å². The number of anilines is 1. The smallest absolute Gasteiger partial charge is 0.272 e. The molecule has 0 fully saturated rings. The summed E-state index contributed by atoms with van der Waals surface area (Å²) in [5.74, 6) is 0.154. The number of nitrogens with one attached hydrogen (secondary N) is 1. The lowest BCUT2D eigenvalue weighted by molar-refractivity contribution is 0.101. The van der Waals surface area contributed by atoms with Gasteiger partial charge in [-0.25, -0.2) is 4.39 Å². The van der Waals surface area contributed by atoms with Gasteiger partial charge in [0, 0.05) is 18.1 Å². The molecule has 4 aromatic rings. The summed E-state index contributed by atoms with van der Waals surface area (Å²) in [5.41, 5.74) is 2.66. The zero-order chi connectivity index (χ0) is 19.5. The lowest BCUT2D eigenvalue weighted by Gasteiger charge is -2.10. The molecule has 0 spiro atoms. The Balaban J connectivity index is 1.51. The molecular weight excluding hydrogens is 355 g/mol. The highest BCUT2D eigenvalue weighted by atomic mass is 19.1.